The molecule has 1 aromatic heterocycles. The van der Waals surface area contributed by atoms with Gasteiger partial charge in [-0.1, -0.05) is 107 Å². The highest BCUT2D eigenvalue weighted by atomic mass is 16.5. The van der Waals surface area contributed by atoms with E-state index in [1.54, 1.807) is 18.2 Å². The lowest BCUT2D eigenvalue weighted by molar-refractivity contribution is -0.161. The van der Waals surface area contributed by atoms with Crippen LogP contribution >= 0.6 is 0 Å². The maximum atomic E-state index is 15.9. The first-order valence-electron chi connectivity index (χ1n) is 21.7. The van der Waals surface area contributed by atoms with Gasteiger partial charge in [-0.3, -0.25) is 24.1 Å². The molecule has 6 N–H and O–H groups in total. The Bertz CT molecular complexity index is 2130. The summed E-state index contributed by atoms with van der Waals surface area (Å²) >= 11 is 0. The first kappa shape index (κ1) is 45.7. The molecule has 4 aromatic rings. The van der Waals surface area contributed by atoms with Crippen LogP contribution in [-0.4, -0.2) is 86.5 Å². The second-order valence-electron chi connectivity index (χ2n) is 17.1. The molecular weight excluding hydrogens is 789 g/mol. The van der Waals surface area contributed by atoms with Crippen LogP contribution in [-0.2, 0) is 43.4 Å². The van der Waals surface area contributed by atoms with E-state index in [1.807, 2.05) is 74.5 Å². The minimum absolute atomic E-state index is 0.0228. The second kappa shape index (κ2) is 21.3. The van der Waals surface area contributed by atoms with E-state index in [9.17, 15) is 24.3 Å². The summed E-state index contributed by atoms with van der Waals surface area (Å²) in [4.78, 5) is 80.2. The highest BCUT2D eigenvalue weighted by molar-refractivity contribution is 6.05. The number of carbonyl (C=O) groups is 5. The average Bonchev–Trinajstić information content (AvgIpc) is 3.95. The van der Waals surface area contributed by atoms with Gasteiger partial charge in [-0.2, -0.15) is 0 Å². The molecule has 2 aliphatic rings. The molecule has 0 spiro atoms. The molecule has 14 nitrogen and oxygen atoms in total. The van der Waals surface area contributed by atoms with Crippen molar-refractivity contribution in [3.8, 4) is 5.75 Å². The third-order valence-electron chi connectivity index (χ3n) is 12.0. The van der Waals surface area contributed by atoms with Crippen molar-refractivity contribution in [3.63, 3.8) is 0 Å². The van der Waals surface area contributed by atoms with Crippen molar-refractivity contribution >= 4 is 29.6 Å². The predicted molar refractivity (Wildman–Crippen MR) is 233 cm³/mol. The molecular formula is C48H60N6O8. The number of nitrogens with two attached hydrogens (primary N) is 1. The fourth-order valence-electron chi connectivity index (χ4n) is 8.78. The molecule has 5 atom stereocenters. The molecule has 0 radical (unpaired) electrons. The molecule has 4 amide bonds. The zero-order valence-corrected chi connectivity index (χ0v) is 35.9. The van der Waals surface area contributed by atoms with E-state index in [1.165, 1.54) is 19.4 Å². The van der Waals surface area contributed by atoms with Gasteiger partial charge in [-0.15, -0.1) is 0 Å². The maximum absolute atomic E-state index is 15.9. The molecule has 3 aromatic carbocycles. The molecule has 2 heterocycles. The number of aliphatic hydroxyl groups excluding tert-OH is 1. The molecule has 0 saturated heterocycles. The maximum Gasteiger partial charge on any atom is 0.338 e. The Morgan fingerprint density at radius 2 is 1.68 bits per heavy atom. The number of carbonyl (C=O) groups excluding carboxylic acids is 5. The van der Waals surface area contributed by atoms with Gasteiger partial charge in [-0.25, -0.2) is 9.78 Å². The Balaban J connectivity index is 1.46. The predicted octanol–water partition coefficient (Wildman–Crippen LogP) is 5.15. The van der Waals surface area contributed by atoms with Gasteiger partial charge in [0, 0.05) is 37.3 Å². The van der Waals surface area contributed by atoms with Crippen molar-refractivity contribution in [3.05, 3.63) is 119 Å². The quantitative estimate of drug-likeness (QED) is 0.0785. The number of hydrogen-bond donors (Lipinski definition) is 5. The number of aliphatic hydroxyl groups is 1. The Morgan fingerprint density at radius 1 is 0.984 bits per heavy atom. The van der Waals surface area contributed by atoms with Crippen molar-refractivity contribution < 1.29 is 38.6 Å². The number of esters is 1. The van der Waals surface area contributed by atoms with Crippen LogP contribution in [0.25, 0.3) is 0 Å². The largest absolute Gasteiger partial charge is 0.493 e. The summed E-state index contributed by atoms with van der Waals surface area (Å²) in [6.45, 7) is 5.42. The standard InChI is InChI=1S/C48H60N6O8/c1-31(2)26-51-44(57)24-42(56)41(22-34-15-9-5-10-16-34)53-47(60)48(25-37-27-50-30-52-37,54(32(3)55)45(58)40(49)21-33-13-7-4-8-14-33)39-29-61-43-20-19-36(23-38(39)43)46(59)62-28-35-17-11-6-12-18-35/h4,6-8,11-14,17-20,23,27,30-31,34,39-42,56H,5,9-10,15-16,21-22,24-26,28-29,49H2,1-3H3,(H,50,52)(H,51,57)(H,53,60)/t39?,40-,41-,42-,48-/m0/s1. The monoisotopic (exact) mass is 848 g/mol. The number of nitrogens with zero attached hydrogens (tertiary/aromatic N) is 2. The highest BCUT2D eigenvalue weighted by Crippen LogP contribution is 2.46. The normalized spacial score (nSPS) is 17.4. The van der Waals surface area contributed by atoms with Crippen LogP contribution in [0.1, 0.15) is 104 Å². The van der Waals surface area contributed by atoms with Crippen LogP contribution in [0.3, 0.4) is 0 Å². The Kier molecular flexibility index (Phi) is 15.7. The van der Waals surface area contributed by atoms with Crippen molar-refractivity contribution in [2.75, 3.05) is 13.2 Å². The number of benzene rings is 3. The highest BCUT2D eigenvalue weighted by Gasteiger charge is 2.58. The molecule has 6 rings (SSSR count). The lowest BCUT2D eigenvalue weighted by Crippen LogP contribution is -2.70. The Morgan fingerprint density at radius 3 is 2.32 bits per heavy atom. The number of amides is 4. The number of ether oxygens (including phenoxy) is 2. The third-order valence-corrected chi connectivity index (χ3v) is 12.0. The van der Waals surface area contributed by atoms with Gasteiger partial charge >= 0.3 is 5.97 Å². The summed E-state index contributed by atoms with van der Waals surface area (Å²) < 4.78 is 11.9. The molecule has 1 aliphatic carbocycles. The van der Waals surface area contributed by atoms with Gasteiger partial charge in [0.2, 0.25) is 23.6 Å². The molecule has 1 aliphatic heterocycles. The Labute approximate surface area is 363 Å². The van der Waals surface area contributed by atoms with Crippen molar-refractivity contribution in [2.45, 2.75) is 115 Å². The van der Waals surface area contributed by atoms with Crippen LogP contribution in [0.5, 0.6) is 5.75 Å². The minimum Gasteiger partial charge on any atom is -0.493 e. The summed E-state index contributed by atoms with van der Waals surface area (Å²) in [6.07, 6.45) is 6.38. The van der Waals surface area contributed by atoms with E-state index < -0.39 is 53.3 Å². The van der Waals surface area contributed by atoms with Crippen LogP contribution in [0, 0.1) is 11.8 Å². The van der Waals surface area contributed by atoms with E-state index >= 15 is 4.79 Å². The van der Waals surface area contributed by atoms with Gasteiger partial charge < -0.3 is 35.9 Å². The molecule has 1 saturated carbocycles. The van der Waals surface area contributed by atoms with Crippen molar-refractivity contribution in [1.82, 2.24) is 25.5 Å². The number of aromatic amines is 1. The van der Waals surface area contributed by atoms with E-state index in [0.717, 1.165) is 48.1 Å². The van der Waals surface area contributed by atoms with Gasteiger partial charge in [0.05, 0.1) is 49.0 Å². The zero-order valence-electron chi connectivity index (χ0n) is 35.9. The van der Waals surface area contributed by atoms with Crippen LogP contribution < -0.4 is 21.1 Å². The second-order valence-corrected chi connectivity index (χ2v) is 17.1. The summed E-state index contributed by atoms with van der Waals surface area (Å²) in [5, 5.41) is 17.9. The lowest BCUT2D eigenvalue weighted by Gasteiger charge is -2.46. The molecule has 0 bridgehead atoms. The number of hydrogen-bond acceptors (Lipinski definition) is 10. The SMILES string of the molecule is CC(=O)N(C(=O)[C@@H](N)Cc1ccccc1)[C@](Cc1cnc[nH]1)(C(=O)N[C@@H](CC1CCCCC1)[C@@H](O)CC(=O)NCC(C)C)C1COc2ccc(C(=O)OCc3ccccc3)cc21. The van der Waals surface area contributed by atoms with Crippen molar-refractivity contribution in [2.24, 2.45) is 17.6 Å². The topological polar surface area (TPSA) is 206 Å². The number of aromatic nitrogens is 2. The number of imidazole rings is 1. The smallest absolute Gasteiger partial charge is 0.338 e. The summed E-state index contributed by atoms with van der Waals surface area (Å²) in [7, 11) is 0. The number of rotatable bonds is 19. The van der Waals surface area contributed by atoms with Gasteiger partial charge in [0.15, 0.2) is 0 Å². The van der Waals surface area contributed by atoms with Gasteiger partial charge in [0.25, 0.3) is 0 Å². The van der Waals surface area contributed by atoms with Crippen LogP contribution in [0.4, 0.5) is 0 Å². The zero-order chi connectivity index (χ0) is 44.2. The van der Waals surface area contributed by atoms with E-state index in [2.05, 4.69) is 20.6 Å². The first-order valence-corrected chi connectivity index (χ1v) is 21.7. The Hall–Kier alpha value is -5.86. The van der Waals surface area contributed by atoms with E-state index in [0.29, 0.717) is 30.0 Å². The fourth-order valence-corrected chi connectivity index (χ4v) is 8.78. The summed E-state index contributed by atoms with van der Waals surface area (Å²) in [6, 6.07) is 20.9. The lowest BCUT2D eigenvalue weighted by atomic mass is 9.73. The number of imide groups is 1. The molecule has 1 fully saturated rings. The molecule has 14 heteroatoms. The van der Waals surface area contributed by atoms with Gasteiger partial charge in [0.1, 0.15) is 17.9 Å². The summed E-state index contributed by atoms with van der Waals surface area (Å²) in [5.74, 6) is -3.70. The number of fused-ring (bicyclic) bond motifs is 1. The van der Waals surface area contributed by atoms with Crippen LogP contribution in [0.15, 0.2) is 91.4 Å². The number of H-pyrrole nitrogens is 1. The minimum atomic E-state index is -2.12. The van der Waals surface area contributed by atoms with E-state index in [-0.39, 0.29) is 55.8 Å². The molecule has 330 valence electrons. The first-order chi connectivity index (χ1) is 29.8. The van der Waals surface area contributed by atoms with Gasteiger partial charge in [-0.05, 0) is 54.0 Å². The fraction of sp³-hybridized carbons (Fsp3) is 0.458. The summed E-state index contributed by atoms with van der Waals surface area (Å²) in [5.41, 5.74) is 7.11. The van der Waals surface area contributed by atoms with E-state index in [4.69, 9.17) is 15.2 Å². The number of nitrogens with one attached hydrogen (secondary N) is 3. The third kappa shape index (κ3) is 11.3. The molecule has 1 unspecified atom stereocenters. The van der Waals surface area contributed by atoms with Crippen molar-refractivity contribution in [1.29, 1.82) is 0 Å². The molecule has 62 heavy (non-hydrogen) atoms. The average molecular weight is 849 g/mol. The van der Waals surface area contributed by atoms with Crippen LogP contribution in [0.2, 0.25) is 0 Å².